The van der Waals surface area contributed by atoms with Crippen LogP contribution >= 0.6 is 11.3 Å². The summed E-state index contributed by atoms with van der Waals surface area (Å²) < 4.78 is 2.19. The summed E-state index contributed by atoms with van der Waals surface area (Å²) in [6.45, 7) is 12.0. The van der Waals surface area contributed by atoms with Crippen LogP contribution in [0.15, 0.2) is 36.0 Å². The summed E-state index contributed by atoms with van der Waals surface area (Å²) in [5.41, 5.74) is 6.90. The second-order valence-corrected chi connectivity index (χ2v) is 8.01. The quantitative estimate of drug-likeness (QED) is 0.576. The van der Waals surface area contributed by atoms with Crippen LogP contribution in [0.1, 0.15) is 41.2 Å². The van der Waals surface area contributed by atoms with Crippen molar-refractivity contribution in [1.82, 2.24) is 9.55 Å². The zero-order valence-corrected chi connectivity index (χ0v) is 16.1. The molecule has 0 aliphatic heterocycles. The third-order valence-corrected chi connectivity index (χ3v) is 5.70. The van der Waals surface area contributed by atoms with Crippen molar-refractivity contribution in [2.24, 2.45) is 5.92 Å². The molecule has 0 fully saturated rings. The maximum absolute atomic E-state index is 4.30. The molecule has 0 unspecified atom stereocenters. The standard InChI is InChI=1S/C21H26N2S/c1-14(2)10-21-16(4)20(13-24-21)19-7-6-18(11-15(19)3)12-23-9-8-22-17(23)5/h6-9,11,13-14H,10,12H2,1-5H3. The Kier molecular flexibility index (Phi) is 4.91. The van der Waals surface area contributed by atoms with Gasteiger partial charge in [-0.25, -0.2) is 4.98 Å². The molecule has 2 nitrogen and oxygen atoms in total. The van der Waals surface area contributed by atoms with Crippen molar-refractivity contribution in [3.05, 3.63) is 63.4 Å². The molecule has 24 heavy (non-hydrogen) atoms. The van der Waals surface area contributed by atoms with Crippen LogP contribution in [0, 0.1) is 26.7 Å². The summed E-state index contributed by atoms with van der Waals surface area (Å²) in [4.78, 5) is 5.83. The molecule has 1 aromatic carbocycles. The molecule has 126 valence electrons. The van der Waals surface area contributed by atoms with Crippen molar-refractivity contribution >= 4 is 11.3 Å². The molecule has 3 heteroatoms. The van der Waals surface area contributed by atoms with Gasteiger partial charge in [0, 0.05) is 23.8 Å². The molecule has 0 amide bonds. The molecule has 3 aromatic rings. The Morgan fingerprint density at radius 2 is 1.92 bits per heavy atom. The van der Waals surface area contributed by atoms with Gasteiger partial charge in [-0.05, 0) is 66.3 Å². The number of benzene rings is 1. The SMILES string of the molecule is Cc1cc(Cn2ccnc2C)ccc1-c1csc(CC(C)C)c1C. The summed E-state index contributed by atoms with van der Waals surface area (Å²) in [5, 5.41) is 2.33. The van der Waals surface area contributed by atoms with Crippen molar-refractivity contribution in [1.29, 1.82) is 0 Å². The minimum absolute atomic E-state index is 0.706. The second kappa shape index (κ2) is 6.94. The van der Waals surface area contributed by atoms with Crippen LogP contribution in [-0.2, 0) is 13.0 Å². The fourth-order valence-electron chi connectivity index (χ4n) is 3.19. The number of imidazole rings is 1. The molecule has 0 saturated heterocycles. The number of aryl methyl sites for hydroxylation is 2. The van der Waals surface area contributed by atoms with Crippen LogP contribution < -0.4 is 0 Å². The molecule has 0 aliphatic carbocycles. The predicted octanol–water partition coefficient (Wildman–Crippen LogP) is 5.78. The maximum Gasteiger partial charge on any atom is 0.105 e. The zero-order valence-electron chi connectivity index (χ0n) is 15.3. The first kappa shape index (κ1) is 17.0. The first-order chi connectivity index (χ1) is 11.5. The van der Waals surface area contributed by atoms with Crippen LogP contribution in [0.2, 0.25) is 0 Å². The lowest BCUT2D eigenvalue weighted by Gasteiger charge is -2.11. The second-order valence-electron chi connectivity index (χ2n) is 7.05. The summed E-state index contributed by atoms with van der Waals surface area (Å²) in [7, 11) is 0. The van der Waals surface area contributed by atoms with Crippen molar-refractivity contribution in [3.63, 3.8) is 0 Å². The number of rotatable bonds is 5. The van der Waals surface area contributed by atoms with E-state index >= 15 is 0 Å². The first-order valence-electron chi connectivity index (χ1n) is 8.60. The average Bonchev–Trinajstić information content (AvgIpc) is 3.07. The molecule has 2 heterocycles. The molecular formula is C21H26N2S. The van der Waals surface area contributed by atoms with E-state index in [1.807, 2.05) is 30.7 Å². The highest BCUT2D eigenvalue weighted by atomic mass is 32.1. The maximum atomic E-state index is 4.30. The average molecular weight is 339 g/mol. The van der Waals surface area contributed by atoms with E-state index in [4.69, 9.17) is 0 Å². The van der Waals surface area contributed by atoms with E-state index in [2.05, 4.69) is 60.8 Å². The van der Waals surface area contributed by atoms with Gasteiger partial charge in [-0.3, -0.25) is 0 Å². The number of aromatic nitrogens is 2. The number of nitrogens with zero attached hydrogens (tertiary/aromatic N) is 2. The minimum atomic E-state index is 0.706. The van der Waals surface area contributed by atoms with E-state index in [1.54, 1.807) is 0 Å². The number of hydrogen-bond donors (Lipinski definition) is 0. The third-order valence-electron chi connectivity index (χ3n) is 4.59. The van der Waals surface area contributed by atoms with Crippen LogP contribution in [-0.4, -0.2) is 9.55 Å². The van der Waals surface area contributed by atoms with Crippen LogP contribution in [0.3, 0.4) is 0 Å². The number of thiophene rings is 1. The predicted molar refractivity (Wildman–Crippen MR) is 104 cm³/mol. The van der Waals surface area contributed by atoms with E-state index < -0.39 is 0 Å². The highest BCUT2D eigenvalue weighted by Gasteiger charge is 2.13. The van der Waals surface area contributed by atoms with Crippen molar-refractivity contribution < 1.29 is 0 Å². The molecule has 0 radical (unpaired) electrons. The highest BCUT2D eigenvalue weighted by molar-refractivity contribution is 7.10. The Morgan fingerprint density at radius 1 is 1.12 bits per heavy atom. The fourth-order valence-corrected chi connectivity index (χ4v) is 4.47. The molecule has 0 bridgehead atoms. The Hall–Kier alpha value is -1.87. The van der Waals surface area contributed by atoms with Gasteiger partial charge in [0.1, 0.15) is 5.82 Å². The van der Waals surface area contributed by atoms with Crippen molar-refractivity contribution in [3.8, 4) is 11.1 Å². The topological polar surface area (TPSA) is 17.8 Å². The largest absolute Gasteiger partial charge is 0.331 e. The van der Waals surface area contributed by atoms with E-state index in [0.717, 1.165) is 12.4 Å². The van der Waals surface area contributed by atoms with Crippen molar-refractivity contribution in [2.45, 2.75) is 47.6 Å². The lowest BCUT2D eigenvalue weighted by atomic mass is 9.96. The molecule has 0 atom stereocenters. The van der Waals surface area contributed by atoms with Gasteiger partial charge in [0.2, 0.25) is 0 Å². The van der Waals surface area contributed by atoms with Crippen LogP contribution in [0.4, 0.5) is 0 Å². The highest BCUT2D eigenvalue weighted by Crippen LogP contribution is 2.34. The van der Waals surface area contributed by atoms with Gasteiger partial charge in [-0.2, -0.15) is 0 Å². The molecular weight excluding hydrogens is 312 g/mol. The minimum Gasteiger partial charge on any atom is -0.331 e. The molecule has 0 spiro atoms. The van der Waals surface area contributed by atoms with Crippen LogP contribution in [0.5, 0.6) is 0 Å². The third kappa shape index (κ3) is 3.46. The van der Waals surface area contributed by atoms with Crippen molar-refractivity contribution in [2.75, 3.05) is 0 Å². The van der Waals surface area contributed by atoms with Gasteiger partial charge in [-0.1, -0.05) is 32.0 Å². The Labute approximate surface area is 149 Å². The molecule has 0 aliphatic rings. The normalized spacial score (nSPS) is 11.4. The van der Waals surface area contributed by atoms with Gasteiger partial charge in [0.25, 0.3) is 0 Å². The Bertz CT molecular complexity index is 839. The lowest BCUT2D eigenvalue weighted by Crippen LogP contribution is -2.01. The van der Waals surface area contributed by atoms with Gasteiger partial charge >= 0.3 is 0 Å². The van der Waals surface area contributed by atoms with E-state index in [9.17, 15) is 0 Å². The summed E-state index contributed by atoms with van der Waals surface area (Å²) in [6.07, 6.45) is 5.08. The molecule has 0 N–H and O–H groups in total. The van der Waals surface area contributed by atoms with E-state index in [0.29, 0.717) is 5.92 Å². The van der Waals surface area contributed by atoms with E-state index in [-0.39, 0.29) is 0 Å². The molecule has 0 saturated carbocycles. The molecule has 2 aromatic heterocycles. The Balaban J connectivity index is 1.88. The van der Waals surface area contributed by atoms with E-state index in [1.165, 1.54) is 39.1 Å². The van der Waals surface area contributed by atoms with Gasteiger partial charge < -0.3 is 4.57 Å². The number of hydrogen-bond acceptors (Lipinski definition) is 2. The molecule has 3 rings (SSSR count). The van der Waals surface area contributed by atoms with Gasteiger partial charge in [0.15, 0.2) is 0 Å². The first-order valence-corrected chi connectivity index (χ1v) is 9.48. The Morgan fingerprint density at radius 3 is 2.54 bits per heavy atom. The van der Waals surface area contributed by atoms with Gasteiger partial charge in [-0.15, -0.1) is 11.3 Å². The lowest BCUT2D eigenvalue weighted by molar-refractivity contribution is 0.652. The van der Waals surface area contributed by atoms with Crippen LogP contribution in [0.25, 0.3) is 11.1 Å². The van der Waals surface area contributed by atoms with Gasteiger partial charge in [0.05, 0.1) is 0 Å². The summed E-state index contributed by atoms with van der Waals surface area (Å²) >= 11 is 1.91. The summed E-state index contributed by atoms with van der Waals surface area (Å²) in [6, 6.07) is 6.85. The zero-order chi connectivity index (χ0) is 17.3. The monoisotopic (exact) mass is 338 g/mol. The smallest absolute Gasteiger partial charge is 0.105 e. The fraction of sp³-hybridized carbons (Fsp3) is 0.381. The summed E-state index contributed by atoms with van der Waals surface area (Å²) in [5.74, 6) is 1.76.